The predicted octanol–water partition coefficient (Wildman–Crippen LogP) is 6.00. The Labute approximate surface area is 205 Å². The quantitative estimate of drug-likeness (QED) is 0.372. The molecule has 3 rings (SSSR count). The fraction of sp³-hybridized carbons (Fsp3) is 0.679. The van der Waals surface area contributed by atoms with Crippen LogP contribution in [0.15, 0.2) is 24.3 Å². The average molecular weight is 469 g/mol. The van der Waals surface area contributed by atoms with Crippen molar-refractivity contribution in [3.05, 3.63) is 35.4 Å². The van der Waals surface area contributed by atoms with Gasteiger partial charge in [0.05, 0.1) is 12.0 Å². The summed E-state index contributed by atoms with van der Waals surface area (Å²) in [6.45, 7) is 7.88. The molecule has 3 amide bonds. The third kappa shape index (κ3) is 7.07. The van der Waals surface area contributed by atoms with Crippen LogP contribution in [0.3, 0.4) is 0 Å². The van der Waals surface area contributed by atoms with Gasteiger partial charge in [-0.2, -0.15) is 0 Å². The van der Waals surface area contributed by atoms with E-state index in [0.29, 0.717) is 43.7 Å². The minimum Gasteiger partial charge on any atom is -0.338 e. The zero-order chi connectivity index (χ0) is 24.6. The molecule has 6 heteroatoms. The number of hydrogen-bond donors (Lipinski definition) is 3. The van der Waals surface area contributed by atoms with E-state index in [4.69, 9.17) is 5.41 Å². The highest BCUT2D eigenvalue weighted by atomic mass is 16.2. The maximum Gasteiger partial charge on any atom is 0.315 e. The van der Waals surface area contributed by atoms with Crippen LogP contribution in [-0.2, 0) is 17.9 Å². The van der Waals surface area contributed by atoms with Crippen molar-refractivity contribution in [3.8, 4) is 0 Å². The first-order valence-corrected chi connectivity index (χ1v) is 13.3. The molecule has 1 aromatic carbocycles. The number of nitrogens with zero attached hydrogens (tertiary/aromatic N) is 1. The third-order valence-electron chi connectivity index (χ3n) is 7.43. The van der Waals surface area contributed by atoms with Gasteiger partial charge in [-0.3, -0.25) is 15.1 Å². The molecule has 0 spiro atoms. The number of rotatable bonds is 11. The van der Waals surface area contributed by atoms with E-state index in [2.05, 4.69) is 31.4 Å². The van der Waals surface area contributed by atoms with Gasteiger partial charge in [0.25, 0.3) is 0 Å². The summed E-state index contributed by atoms with van der Waals surface area (Å²) in [4.78, 5) is 27.3. The number of likely N-dealkylation sites (tertiary alicyclic amines) is 1. The monoisotopic (exact) mass is 468 g/mol. The molecular weight excluding hydrogens is 424 g/mol. The van der Waals surface area contributed by atoms with Crippen LogP contribution in [0.4, 0.5) is 4.79 Å². The molecule has 34 heavy (non-hydrogen) atoms. The van der Waals surface area contributed by atoms with Crippen molar-refractivity contribution in [2.75, 3.05) is 6.54 Å². The van der Waals surface area contributed by atoms with Gasteiger partial charge in [-0.1, -0.05) is 90.0 Å². The first-order valence-electron chi connectivity index (χ1n) is 13.3. The Kier molecular flexibility index (Phi) is 9.54. The molecule has 1 aliphatic carbocycles. The fourth-order valence-corrected chi connectivity index (χ4v) is 5.47. The molecule has 1 heterocycles. The Morgan fingerprint density at radius 2 is 1.79 bits per heavy atom. The average Bonchev–Trinajstić information content (AvgIpc) is 3.05. The summed E-state index contributed by atoms with van der Waals surface area (Å²) in [7, 11) is 0. The molecule has 6 nitrogen and oxygen atoms in total. The van der Waals surface area contributed by atoms with Crippen LogP contribution in [0.1, 0.15) is 96.1 Å². The summed E-state index contributed by atoms with van der Waals surface area (Å²) in [5.41, 5.74) is 1.67. The van der Waals surface area contributed by atoms with Crippen LogP contribution in [0, 0.1) is 22.7 Å². The lowest BCUT2D eigenvalue weighted by molar-refractivity contribution is -0.136. The molecule has 2 aliphatic rings. The number of hydrogen-bond acceptors (Lipinski definition) is 3. The summed E-state index contributed by atoms with van der Waals surface area (Å²) in [5, 5.41) is 14.4. The van der Waals surface area contributed by atoms with E-state index in [1.807, 2.05) is 24.3 Å². The molecule has 1 atom stereocenters. The van der Waals surface area contributed by atoms with Gasteiger partial charge < -0.3 is 10.6 Å². The Bertz CT molecular complexity index is 829. The number of urea groups is 1. The normalized spacial score (nSPS) is 21.4. The van der Waals surface area contributed by atoms with Crippen molar-refractivity contribution >= 4 is 17.8 Å². The molecular formula is C28H44N4O2. The van der Waals surface area contributed by atoms with E-state index in [9.17, 15) is 9.59 Å². The standard InChI is InChI=1S/C28H44N4O2/c1-4-5-15-28(16-22-9-7-6-8-10-22)17-25(29)32(26(28)33)20-24-13-11-23(12-14-24)19-31-27(34)30-18-21(2)3/h11-14,21-22,29H,4-10,15-20H2,1-3H3,(H2,30,31,34). The fourth-order valence-electron chi connectivity index (χ4n) is 5.47. The van der Waals surface area contributed by atoms with Crippen molar-refractivity contribution in [2.24, 2.45) is 17.3 Å². The van der Waals surface area contributed by atoms with Crippen molar-refractivity contribution in [1.29, 1.82) is 5.41 Å². The van der Waals surface area contributed by atoms with Crippen LogP contribution in [0.5, 0.6) is 0 Å². The van der Waals surface area contributed by atoms with E-state index < -0.39 is 0 Å². The number of carbonyl (C=O) groups is 2. The maximum atomic E-state index is 13.7. The molecule has 1 aromatic rings. The molecule has 2 fully saturated rings. The van der Waals surface area contributed by atoms with Crippen molar-refractivity contribution in [1.82, 2.24) is 15.5 Å². The smallest absolute Gasteiger partial charge is 0.315 e. The summed E-state index contributed by atoms with van der Waals surface area (Å²) in [6.07, 6.45) is 10.9. The maximum absolute atomic E-state index is 13.7. The Morgan fingerprint density at radius 3 is 2.44 bits per heavy atom. The predicted molar refractivity (Wildman–Crippen MR) is 138 cm³/mol. The van der Waals surface area contributed by atoms with E-state index in [1.54, 1.807) is 4.90 Å². The van der Waals surface area contributed by atoms with Gasteiger partial charge in [0.2, 0.25) is 5.91 Å². The highest BCUT2D eigenvalue weighted by Crippen LogP contribution is 2.46. The molecule has 188 valence electrons. The number of carbonyl (C=O) groups excluding carboxylic acids is 2. The Hall–Kier alpha value is -2.37. The van der Waals surface area contributed by atoms with Crippen LogP contribution in [-0.4, -0.2) is 29.2 Å². The van der Waals surface area contributed by atoms with Crippen LogP contribution >= 0.6 is 0 Å². The minimum absolute atomic E-state index is 0.157. The first kappa shape index (κ1) is 26.2. The second kappa shape index (κ2) is 12.4. The van der Waals surface area contributed by atoms with Crippen molar-refractivity contribution < 1.29 is 9.59 Å². The van der Waals surface area contributed by atoms with Gasteiger partial charge in [-0.05, 0) is 35.8 Å². The number of amides is 3. The van der Waals surface area contributed by atoms with Crippen LogP contribution in [0.2, 0.25) is 0 Å². The lowest BCUT2D eigenvalue weighted by atomic mass is 9.71. The van der Waals surface area contributed by atoms with Crippen LogP contribution < -0.4 is 10.6 Å². The highest BCUT2D eigenvalue weighted by molar-refractivity contribution is 6.07. The second-order valence-corrected chi connectivity index (χ2v) is 10.9. The topological polar surface area (TPSA) is 85.3 Å². The molecule has 1 saturated carbocycles. The lowest BCUT2D eigenvalue weighted by Crippen LogP contribution is -2.37. The zero-order valence-electron chi connectivity index (χ0n) is 21.4. The van der Waals surface area contributed by atoms with E-state index in [0.717, 1.165) is 36.8 Å². The molecule has 3 N–H and O–H groups in total. The van der Waals surface area contributed by atoms with Gasteiger partial charge in [0.1, 0.15) is 5.84 Å². The molecule has 0 aromatic heterocycles. The molecule has 1 aliphatic heterocycles. The van der Waals surface area contributed by atoms with Crippen LogP contribution in [0.25, 0.3) is 0 Å². The number of nitrogens with one attached hydrogen (secondary N) is 3. The number of unbranched alkanes of at least 4 members (excludes halogenated alkanes) is 1. The highest BCUT2D eigenvalue weighted by Gasteiger charge is 2.49. The Morgan fingerprint density at radius 1 is 1.12 bits per heavy atom. The lowest BCUT2D eigenvalue weighted by Gasteiger charge is -2.33. The van der Waals surface area contributed by atoms with E-state index in [-0.39, 0.29) is 17.4 Å². The van der Waals surface area contributed by atoms with Gasteiger partial charge in [0, 0.05) is 19.5 Å². The van der Waals surface area contributed by atoms with Gasteiger partial charge in [-0.15, -0.1) is 0 Å². The third-order valence-corrected chi connectivity index (χ3v) is 7.43. The summed E-state index contributed by atoms with van der Waals surface area (Å²) in [5.74, 6) is 1.70. The number of benzene rings is 1. The SMILES string of the molecule is CCCCC1(CC2CCCCC2)CC(=N)N(Cc2ccc(CNC(=O)NCC(C)C)cc2)C1=O. The Balaban J connectivity index is 1.60. The van der Waals surface area contributed by atoms with E-state index in [1.165, 1.54) is 32.1 Å². The van der Waals surface area contributed by atoms with Crippen molar-refractivity contribution in [3.63, 3.8) is 0 Å². The molecule has 1 unspecified atom stereocenters. The zero-order valence-corrected chi connectivity index (χ0v) is 21.4. The summed E-state index contributed by atoms with van der Waals surface area (Å²) >= 11 is 0. The van der Waals surface area contributed by atoms with Gasteiger partial charge >= 0.3 is 6.03 Å². The number of amidine groups is 1. The molecule has 0 bridgehead atoms. The second-order valence-electron chi connectivity index (χ2n) is 10.9. The largest absolute Gasteiger partial charge is 0.338 e. The van der Waals surface area contributed by atoms with Gasteiger partial charge in [-0.25, -0.2) is 4.79 Å². The molecule has 1 saturated heterocycles. The minimum atomic E-state index is -0.373. The van der Waals surface area contributed by atoms with Gasteiger partial charge in [0.15, 0.2) is 0 Å². The molecule has 0 radical (unpaired) electrons. The summed E-state index contributed by atoms with van der Waals surface area (Å²) < 4.78 is 0. The van der Waals surface area contributed by atoms with Crippen molar-refractivity contribution in [2.45, 2.75) is 98.1 Å². The first-order chi connectivity index (χ1) is 16.3. The summed E-state index contributed by atoms with van der Waals surface area (Å²) in [6, 6.07) is 7.85. The van der Waals surface area contributed by atoms with E-state index >= 15 is 0 Å².